The summed E-state index contributed by atoms with van der Waals surface area (Å²) in [4.78, 5) is 31.2. The molecule has 4 rings (SSSR count). The van der Waals surface area contributed by atoms with Crippen LogP contribution < -0.4 is 10.3 Å². The van der Waals surface area contributed by atoms with E-state index in [0.717, 1.165) is 28.5 Å². The van der Waals surface area contributed by atoms with Gasteiger partial charge < -0.3 is 4.74 Å². The lowest BCUT2D eigenvalue weighted by atomic mass is 10.1. The number of hydrogen-bond acceptors (Lipinski definition) is 6. The number of nitrogens with zero attached hydrogens (tertiary/aromatic N) is 5. The second kappa shape index (κ2) is 9.73. The van der Waals surface area contributed by atoms with Crippen LogP contribution in [0.25, 0.3) is 17.1 Å². The normalized spacial score (nSPS) is 11.1. The SMILES string of the molecule is Cc1cccc(COc2cc(C)n(-c3ccnc(-c4nc(C(C)C)ncc4C)c3)c(=O)c2Cl)n1. The molecule has 0 N–H and O–H groups in total. The average Bonchev–Trinajstić information content (AvgIpc) is 2.81. The van der Waals surface area contributed by atoms with Gasteiger partial charge in [-0.1, -0.05) is 31.5 Å². The first-order valence-corrected chi connectivity index (χ1v) is 11.4. The maximum Gasteiger partial charge on any atom is 0.277 e. The molecular weight excluding hydrogens is 450 g/mol. The molecule has 0 unspecified atom stereocenters. The Morgan fingerprint density at radius 1 is 1.06 bits per heavy atom. The fraction of sp³-hybridized carbons (Fsp3) is 0.269. The summed E-state index contributed by atoms with van der Waals surface area (Å²) in [6.07, 6.45) is 3.46. The first-order valence-electron chi connectivity index (χ1n) is 11.0. The van der Waals surface area contributed by atoms with Gasteiger partial charge in [-0.25, -0.2) is 9.97 Å². The number of aryl methyl sites for hydroxylation is 3. The molecule has 0 bridgehead atoms. The third-order valence-corrected chi connectivity index (χ3v) is 5.72. The molecule has 4 heterocycles. The molecule has 0 aromatic carbocycles. The summed E-state index contributed by atoms with van der Waals surface area (Å²) >= 11 is 6.44. The second-order valence-corrected chi connectivity index (χ2v) is 8.86. The van der Waals surface area contributed by atoms with Gasteiger partial charge in [-0.3, -0.25) is 19.3 Å². The van der Waals surface area contributed by atoms with E-state index in [-0.39, 0.29) is 23.1 Å². The molecule has 7 nitrogen and oxygen atoms in total. The molecular formula is C26H26ClN5O2. The van der Waals surface area contributed by atoms with Crippen LogP contribution in [0, 0.1) is 20.8 Å². The highest BCUT2D eigenvalue weighted by Gasteiger charge is 2.16. The first kappa shape index (κ1) is 23.6. The molecule has 0 aliphatic carbocycles. The van der Waals surface area contributed by atoms with E-state index in [2.05, 4.69) is 15.0 Å². The number of ether oxygens (including phenoxy) is 1. The van der Waals surface area contributed by atoms with Crippen molar-refractivity contribution in [2.24, 2.45) is 0 Å². The van der Waals surface area contributed by atoms with Crippen LogP contribution in [0.1, 0.15) is 48.2 Å². The van der Waals surface area contributed by atoms with E-state index in [4.69, 9.17) is 21.3 Å². The van der Waals surface area contributed by atoms with E-state index in [0.29, 0.717) is 22.8 Å². The highest BCUT2D eigenvalue weighted by Crippen LogP contribution is 2.26. The van der Waals surface area contributed by atoms with Gasteiger partial charge >= 0.3 is 0 Å². The van der Waals surface area contributed by atoms with E-state index < -0.39 is 0 Å². The van der Waals surface area contributed by atoms with Crippen molar-refractivity contribution in [1.29, 1.82) is 0 Å². The molecule has 0 saturated heterocycles. The third kappa shape index (κ3) is 4.84. The van der Waals surface area contributed by atoms with E-state index in [9.17, 15) is 4.79 Å². The zero-order valence-electron chi connectivity index (χ0n) is 19.8. The van der Waals surface area contributed by atoms with Crippen molar-refractivity contribution in [3.8, 4) is 22.8 Å². The van der Waals surface area contributed by atoms with Gasteiger partial charge in [0, 0.05) is 35.8 Å². The van der Waals surface area contributed by atoms with Crippen LogP contribution in [0.4, 0.5) is 0 Å². The minimum atomic E-state index is -0.367. The Morgan fingerprint density at radius 2 is 1.85 bits per heavy atom. The van der Waals surface area contributed by atoms with E-state index in [1.807, 2.05) is 58.9 Å². The minimum Gasteiger partial charge on any atom is -0.485 e. The Labute approximate surface area is 203 Å². The topological polar surface area (TPSA) is 82.8 Å². The van der Waals surface area contributed by atoms with Gasteiger partial charge in [0.25, 0.3) is 5.56 Å². The number of halogens is 1. The van der Waals surface area contributed by atoms with E-state index >= 15 is 0 Å². The Balaban J connectivity index is 1.70. The van der Waals surface area contributed by atoms with Gasteiger partial charge in [0.1, 0.15) is 23.2 Å². The summed E-state index contributed by atoms with van der Waals surface area (Å²) in [7, 11) is 0. The van der Waals surface area contributed by atoms with Gasteiger partial charge in [0.05, 0.1) is 22.8 Å². The fourth-order valence-electron chi connectivity index (χ4n) is 3.62. The van der Waals surface area contributed by atoms with Gasteiger partial charge in [-0.2, -0.15) is 0 Å². The number of hydrogen-bond donors (Lipinski definition) is 0. The van der Waals surface area contributed by atoms with Crippen LogP contribution in [0.3, 0.4) is 0 Å². The summed E-state index contributed by atoms with van der Waals surface area (Å²) in [5.41, 5.74) is 4.92. The number of rotatable bonds is 6. The largest absolute Gasteiger partial charge is 0.485 e. The molecule has 34 heavy (non-hydrogen) atoms. The Kier molecular flexibility index (Phi) is 6.75. The van der Waals surface area contributed by atoms with Crippen LogP contribution in [0.2, 0.25) is 5.02 Å². The fourth-order valence-corrected chi connectivity index (χ4v) is 3.81. The maximum absolute atomic E-state index is 13.2. The van der Waals surface area contributed by atoms with Gasteiger partial charge in [-0.05, 0) is 50.6 Å². The molecule has 0 fully saturated rings. The maximum atomic E-state index is 13.2. The Morgan fingerprint density at radius 3 is 2.59 bits per heavy atom. The highest BCUT2D eigenvalue weighted by molar-refractivity contribution is 6.31. The van der Waals surface area contributed by atoms with Crippen LogP contribution in [-0.2, 0) is 6.61 Å². The number of pyridine rings is 3. The van der Waals surface area contributed by atoms with Crippen molar-refractivity contribution in [2.75, 3.05) is 0 Å². The molecule has 0 spiro atoms. The van der Waals surface area contributed by atoms with Crippen molar-refractivity contribution >= 4 is 11.6 Å². The molecule has 0 amide bonds. The predicted octanol–water partition coefficient (Wildman–Crippen LogP) is 5.37. The molecule has 0 aliphatic heterocycles. The van der Waals surface area contributed by atoms with Crippen molar-refractivity contribution in [2.45, 2.75) is 47.1 Å². The van der Waals surface area contributed by atoms with Crippen molar-refractivity contribution in [1.82, 2.24) is 24.5 Å². The Hall–Kier alpha value is -3.58. The molecule has 174 valence electrons. The second-order valence-electron chi connectivity index (χ2n) is 8.48. The standard InChI is InChI=1S/C26H26ClN5O2/c1-15(2)25-29-13-16(3)24(31-25)21-12-20(9-10-28-21)32-18(5)11-22(23(27)26(32)33)34-14-19-8-6-7-17(4)30-19/h6-13,15H,14H2,1-5H3. The van der Waals surface area contributed by atoms with Crippen LogP contribution >= 0.6 is 11.6 Å². The third-order valence-electron chi connectivity index (χ3n) is 5.37. The first-order chi connectivity index (χ1) is 16.2. The molecule has 0 aliphatic rings. The quantitative estimate of drug-likeness (QED) is 0.373. The van der Waals surface area contributed by atoms with Gasteiger partial charge in [0.2, 0.25) is 0 Å². The summed E-state index contributed by atoms with van der Waals surface area (Å²) in [6.45, 7) is 10.00. The zero-order chi connectivity index (χ0) is 24.4. The molecule has 4 aromatic rings. The molecule has 0 saturated carbocycles. The lowest BCUT2D eigenvalue weighted by Gasteiger charge is -2.15. The molecule has 4 aromatic heterocycles. The summed E-state index contributed by atoms with van der Waals surface area (Å²) in [5, 5.41) is 0.0110. The average molecular weight is 476 g/mol. The number of aromatic nitrogens is 5. The minimum absolute atomic E-state index is 0.0110. The van der Waals surface area contributed by atoms with Gasteiger partial charge in [0.15, 0.2) is 0 Å². The smallest absolute Gasteiger partial charge is 0.277 e. The highest BCUT2D eigenvalue weighted by atomic mass is 35.5. The molecule has 8 heteroatoms. The monoisotopic (exact) mass is 475 g/mol. The summed E-state index contributed by atoms with van der Waals surface area (Å²) in [6, 6.07) is 11.1. The van der Waals surface area contributed by atoms with Crippen LogP contribution in [-0.4, -0.2) is 24.5 Å². The molecule has 0 atom stereocenters. The van der Waals surface area contributed by atoms with Crippen LogP contribution in [0.5, 0.6) is 5.75 Å². The van der Waals surface area contributed by atoms with E-state index in [1.54, 1.807) is 29.1 Å². The molecule has 0 radical (unpaired) electrons. The Bertz CT molecular complexity index is 1410. The lowest BCUT2D eigenvalue weighted by Crippen LogP contribution is -2.22. The lowest BCUT2D eigenvalue weighted by molar-refractivity contribution is 0.300. The van der Waals surface area contributed by atoms with Crippen molar-refractivity contribution < 1.29 is 4.74 Å². The predicted molar refractivity (Wildman–Crippen MR) is 133 cm³/mol. The van der Waals surface area contributed by atoms with E-state index in [1.165, 1.54) is 0 Å². The zero-order valence-corrected chi connectivity index (χ0v) is 20.6. The summed E-state index contributed by atoms with van der Waals surface area (Å²) < 4.78 is 7.38. The van der Waals surface area contributed by atoms with Crippen molar-refractivity contribution in [3.63, 3.8) is 0 Å². The van der Waals surface area contributed by atoms with Crippen LogP contribution in [0.15, 0.2) is 53.6 Å². The summed E-state index contributed by atoms with van der Waals surface area (Å²) in [5.74, 6) is 1.26. The van der Waals surface area contributed by atoms with Gasteiger partial charge in [-0.15, -0.1) is 0 Å². The van der Waals surface area contributed by atoms with Crippen molar-refractivity contribution in [3.05, 3.63) is 92.6 Å².